The van der Waals surface area contributed by atoms with E-state index in [1.54, 1.807) is 6.92 Å². The highest BCUT2D eigenvalue weighted by atomic mass is 35.5. The summed E-state index contributed by atoms with van der Waals surface area (Å²) in [7, 11) is 0. The molecule has 0 aromatic heterocycles. The molecule has 4 heteroatoms. The lowest BCUT2D eigenvalue weighted by Crippen LogP contribution is -2.32. The van der Waals surface area contributed by atoms with Crippen LogP contribution in [0.3, 0.4) is 0 Å². The summed E-state index contributed by atoms with van der Waals surface area (Å²) >= 11 is 5.91. The van der Waals surface area contributed by atoms with Crippen LogP contribution in [-0.2, 0) is 4.79 Å². The molecule has 0 saturated heterocycles. The van der Waals surface area contributed by atoms with Crippen LogP contribution >= 0.6 is 11.6 Å². The summed E-state index contributed by atoms with van der Waals surface area (Å²) < 4.78 is 0. The molecule has 0 saturated carbocycles. The van der Waals surface area contributed by atoms with Crippen LogP contribution in [0.4, 0.5) is 5.69 Å². The summed E-state index contributed by atoms with van der Waals surface area (Å²) in [4.78, 5) is 12.9. The molecule has 0 aliphatic heterocycles. The Balaban J connectivity index is 2.90. The van der Waals surface area contributed by atoms with E-state index < -0.39 is 5.97 Å². The topological polar surface area (TPSA) is 40.5 Å². The molecular formula is C13H18ClNO2. The van der Waals surface area contributed by atoms with Gasteiger partial charge in [0.25, 0.3) is 0 Å². The third-order valence-corrected chi connectivity index (χ3v) is 3.03. The number of aryl methyl sites for hydroxylation is 1. The van der Waals surface area contributed by atoms with E-state index >= 15 is 0 Å². The number of rotatable bonds is 5. The minimum absolute atomic E-state index is 0.384. The van der Waals surface area contributed by atoms with Gasteiger partial charge in [-0.15, -0.1) is 0 Å². The Bertz CT molecular complexity index is 406. The van der Waals surface area contributed by atoms with Crippen molar-refractivity contribution in [1.82, 2.24) is 0 Å². The Hall–Kier alpha value is -1.22. The van der Waals surface area contributed by atoms with Gasteiger partial charge in [-0.05, 0) is 37.6 Å². The van der Waals surface area contributed by atoms with Crippen LogP contribution in [0, 0.1) is 12.8 Å². The van der Waals surface area contributed by atoms with E-state index in [1.165, 1.54) is 0 Å². The first-order chi connectivity index (χ1) is 7.95. The van der Waals surface area contributed by atoms with Crippen molar-refractivity contribution in [3.05, 3.63) is 28.8 Å². The quantitative estimate of drug-likeness (QED) is 0.878. The van der Waals surface area contributed by atoms with E-state index in [2.05, 4.69) is 4.90 Å². The minimum Gasteiger partial charge on any atom is -0.481 e. The van der Waals surface area contributed by atoms with Gasteiger partial charge in [0.2, 0.25) is 0 Å². The number of carbonyl (C=O) groups is 1. The third kappa shape index (κ3) is 3.63. The Morgan fingerprint density at radius 1 is 1.53 bits per heavy atom. The molecule has 0 bridgehead atoms. The molecule has 3 nitrogen and oxygen atoms in total. The molecule has 17 heavy (non-hydrogen) atoms. The van der Waals surface area contributed by atoms with Crippen LogP contribution in [0.1, 0.15) is 19.4 Å². The molecule has 0 fully saturated rings. The van der Waals surface area contributed by atoms with Gasteiger partial charge in [0, 0.05) is 23.8 Å². The number of hydrogen-bond acceptors (Lipinski definition) is 2. The highest BCUT2D eigenvalue weighted by Gasteiger charge is 2.16. The summed E-state index contributed by atoms with van der Waals surface area (Å²) in [5.74, 6) is -1.15. The SMILES string of the molecule is CCN(CC(C)C(=O)O)c1ccc(Cl)cc1C. The molecule has 1 N–H and O–H groups in total. The van der Waals surface area contributed by atoms with Crippen LogP contribution in [0.25, 0.3) is 0 Å². The molecule has 1 unspecified atom stereocenters. The monoisotopic (exact) mass is 255 g/mol. The maximum atomic E-state index is 10.9. The van der Waals surface area contributed by atoms with Crippen molar-refractivity contribution in [2.45, 2.75) is 20.8 Å². The van der Waals surface area contributed by atoms with Gasteiger partial charge in [0.05, 0.1) is 5.92 Å². The van der Waals surface area contributed by atoms with E-state index in [0.29, 0.717) is 11.6 Å². The van der Waals surface area contributed by atoms with Gasteiger partial charge in [0.1, 0.15) is 0 Å². The first kappa shape index (κ1) is 13.8. The number of anilines is 1. The molecule has 1 aromatic carbocycles. The van der Waals surface area contributed by atoms with Crippen LogP contribution in [0.15, 0.2) is 18.2 Å². The Labute approximate surface area is 107 Å². The molecule has 1 atom stereocenters. The lowest BCUT2D eigenvalue weighted by atomic mass is 10.1. The van der Waals surface area contributed by atoms with E-state index in [-0.39, 0.29) is 5.92 Å². The average molecular weight is 256 g/mol. The molecular weight excluding hydrogens is 238 g/mol. The second-order valence-corrected chi connectivity index (χ2v) is 4.65. The van der Waals surface area contributed by atoms with Crippen LogP contribution in [-0.4, -0.2) is 24.2 Å². The molecule has 1 rings (SSSR count). The van der Waals surface area contributed by atoms with Gasteiger partial charge in [-0.1, -0.05) is 18.5 Å². The summed E-state index contributed by atoms with van der Waals surface area (Å²) in [5.41, 5.74) is 2.11. The number of carboxylic acids is 1. The molecule has 1 aromatic rings. The van der Waals surface area contributed by atoms with Gasteiger partial charge in [-0.2, -0.15) is 0 Å². The summed E-state index contributed by atoms with van der Waals surface area (Å²) in [6.45, 7) is 7.00. The van der Waals surface area contributed by atoms with Crippen molar-refractivity contribution in [3.63, 3.8) is 0 Å². The number of hydrogen-bond donors (Lipinski definition) is 1. The zero-order chi connectivity index (χ0) is 13.0. The van der Waals surface area contributed by atoms with Gasteiger partial charge in [-0.25, -0.2) is 0 Å². The fourth-order valence-electron chi connectivity index (χ4n) is 1.78. The summed E-state index contributed by atoms with van der Waals surface area (Å²) in [5, 5.41) is 9.64. The molecule has 94 valence electrons. The van der Waals surface area contributed by atoms with Crippen molar-refractivity contribution in [2.75, 3.05) is 18.0 Å². The van der Waals surface area contributed by atoms with E-state index in [0.717, 1.165) is 17.8 Å². The van der Waals surface area contributed by atoms with E-state index in [9.17, 15) is 4.79 Å². The second-order valence-electron chi connectivity index (χ2n) is 4.21. The number of halogens is 1. The molecule has 0 aliphatic rings. The summed E-state index contributed by atoms with van der Waals surface area (Å²) in [6.07, 6.45) is 0. The van der Waals surface area contributed by atoms with Crippen molar-refractivity contribution in [1.29, 1.82) is 0 Å². The summed E-state index contributed by atoms with van der Waals surface area (Å²) in [6, 6.07) is 5.67. The van der Waals surface area contributed by atoms with Crippen LogP contribution in [0.2, 0.25) is 5.02 Å². The number of nitrogens with zero attached hydrogens (tertiary/aromatic N) is 1. The van der Waals surface area contributed by atoms with Gasteiger partial charge < -0.3 is 10.0 Å². The highest BCUT2D eigenvalue weighted by Crippen LogP contribution is 2.24. The predicted molar refractivity (Wildman–Crippen MR) is 70.9 cm³/mol. The first-order valence-electron chi connectivity index (χ1n) is 5.69. The van der Waals surface area contributed by atoms with Crippen LogP contribution < -0.4 is 4.90 Å². The number of carboxylic acid groups (broad SMARTS) is 1. The van der Waals surface area contributed by atoms with Gasteiger partial charge in [-0.3, -0.25) is 4.79 Å². The van der Waals surface area contributed by atoms with Crippen molar-refractivity contribution in [2.24, 2.45) is 5.92 Å². The van der Waals surface area contributed by atoms with Gasteiger partial charge >= 0.3 is 5.97 Å². The van der Waals surface area contributed by atoms with E-state index in [1.807, 2.05) is 32.0 Å². The normalized spacial score (nSPS) is 12.2. The highest BCUT2D eigenvalue weighted by molar-refractivity contribution is 6.30. The van der Waals surface area contributed by atoms with Crippen molar-refractivity contribution >= 4 is 23.3 Å². The van der Waals surface area contributed by atoms with Crippen molar-refractivity contribution < 1.29 is 9.90 Å². The molecule has 0 radical (unpaired) electrons. The molecule has 0 aliphatic carbocycles. The lowest BCUT2D eigenvalue weighted by molar-refractivity contribution is -0.140. The van der Waals surface area contributed by atoms with E-state index in [4.69, 9.17) is 16.7 Å². The van der Waals surface area contributed by atoms with Crippen LogP contribution in [0.5, 0.6) is 0 Å². The Morgan fingerprint density at radius 2 is 2.18 bits per heavy atom. The predicted octanol–water partition coefficient (Wildman–Crippen LogP) is 3.20. The number of benzene rings is 1. The molecule has 0 heterocycles. The zero-order valence-corrected chi connectivity index (χ0v) is 11.2. The first-order valence-corrected chi connectivity index (χ1v) is 6.07. The van der Waals surface area contributed by atoms with Gasteiger partial charge in [0.15, 0.2) is 0 Å². The zero-order valence-electron chi connectivity index (χ0n) is 10.4. The van der Waals surface area contributed by atoms with Crippen molar-refractivity contribution in [3.8, 4) is 0 Å². The average Bonchev–Trinajstić information content (AvgIpc) is 2.26. The fraction of sp³-hybridized carbons (Fsp3) is 0.462. The largest absolute Gasteiger partial charge is 0.481 e. The Kier molecular flexibility index (Phi) is 4.82. The minimum atomic E-state index is -0.768. The maximum Gasteiger partial charge on any atom is 0.308 e. The third-order valence-electron chi connectivity index (χ3n) is 2.80. The Morgan fingerprint density at radius 3 is 2.65 bits per heavy atom. The standard InChI is InChI=1S/C13H18ClNO2/c1-4-15(8-10(3)13(16)17)12-6-5-11(14)7-9(12)2/h5-7,10H,4,8H2,1-3H3,(H,16,17). The number of aliphatic carboxylic acids is 1. The molecule has 0 amide bonds. The molecule has 0 spiro atoms. The lowest BCUT2D eigenvalue weighted by Gasteiger charge is -2.26. The maximum absolute atomic E-state index is 10.9. The fourth-order valence-corrected chi connectivity index (χ4v) is 2.01. The smallest absolute Gasteiger partial charge is 0.308 e. The second kappa shape index (κ2) is 5.92.